The van der Waals surface area contributed by atoms with E-state index in [0.717, 1.165) is 53.2 Å². The van der Waals surface area contributed by atoms with E-state index in [4.69, 9.17) is 19.4 Å². The average Bonchev–Trinajstić information content (AvgIpc) is 2.78. The molecule has 0 atom stereocenters. The maximum Gasteiger partial charge on any atom is 0.707 e. The summed E-state index contributed by atoms with van der Waals surface area (Å²) in [6.07, 6.45) is 0. The minimum atomic E-state index is -1.83. The number of fused-ring (bicyclic) bond motifs is 4. The van der Waals surface area contributed by atoms with Crippen molar-refractivity contribution >= 4 is 39.6 Å². The van der Waals surface area contributed by atoms with Gasteiger partial charge in [-0.3, -0.25) is 4.90 Å². The molecule has 5 rings (SSSR count). The maximum absolute atomic E-state index is 9.14. The van der Waals surface area contributed by atoms with Crippen molar-refractivity contribution in [3.8, 4) is 5.75 Å². The van der Waals surface area contributed by atoms with Crippen molar-refractivity contribution in [2.24, 2.45) is 0 Å². The molecule has 0 aliphatic carbocycles. The molecule has 4 aromatic rings. The molecule has 5 nitrogen and oxygen atoms in total. The van der Waals surface area contributed by atoms with E-state index in [-0.39, 0.29) is 0 Å². The van der Waals surface area contributed by atoms with Crippen molar-refractivity contribution in [3.63, 3.8) is 0 Å². The first-order valence-corrected chi connectivity index (χ1v) is 10.3. The zero-order valence-corrected chi connectivity index (χ0v) is 17.1. The number of ether oxygens (including phenoxy) is 1. The standard InChI is InChI=1S/C18H13BO3.C6H13NO/c20-19(21)22-17-7-3-6-12-8-9-15-10-13-4-1-2-5-14(13)11-16(15)18(12)17;1-2-7-3-5-8-6-4-7/h1-11,20-21H;2-6H2,1H3. The molecular formula is C24H26BNO4. The molecule has 0 radical (unpaired) electrons. The number of rotatable bonds is 3. The van der Waals surface area contributed by atoms with Gasteiger partial charge in [-0.05, 0) is 51.7 Å². The summed E-state index contributed by atoms with van der Waals surface area (Å²) >= 11 is 0. The van der Waals surface area contributed by atoms with Crippen LogP contribution in [0.5, 0.6) is 5.75 Å². The third-order valence-corrected chi connectivity index (χ3v) is 5.47. The van der Waals surface area contributed by atoms with Crippen LogP contribution in [0.1, 0.15) is 6.92 Å². The van der Waals surface area contributed by atoms with E-state index in [1.165, 1.54) is 11.9 Å². The Kier molecular flexibility index (Phi) is 6.50. The molecule has 0 amide bonds. The summed E-state index contributed by atoms with van der Waals surface area (Å²) in [6.45, 7) is 7.45. The van der Waals surface area contributed by atoms with Crippen LogP contribution in [0.25, 0.3) is 32.3 Å². The molecule has 0 saturated carbocycles. The van der Waals surface area contributed by atoms with E-state index in [2.05, 4.69) is 42.2 Å². The Morgan fingerprint density at radius 1 is 0.867 bits per heavy atom. The zero-order valence-electron chi connectivity index (χ0n) is 17.1. The lowest BCUT2D eigenvalue weighted by atomic mass is 9.97. The summed E-state index contributed by atoms with van der Waals surface area (Å²) in [6, 6.07) is 22.1. The number of morpholine rings is 1. The molecule has 0 unspecified atom stereocenters. The second kappa shape index (κ2) is 9.45. The van der Waals surface area contributed by atoms with Crippen LogP contribution in [-0.4, -0.2) is 55.1 Å². The summed E-state index contributed by atoms with van der Waals surface area (Å²) in [5.74, 6) is 0.466. The van der Waals surface area contributed by atoms with Gasteiger partial charge in [-0.15, -0.1) is 0 Å². The van der Waals surface area contributed by atoms with Gasteiger partial charge in [-0.25, -0.2) is 0 Å². The summed E-state index contributed by atoms with van der Waals surface area (Å²) < 4.78 is 10.3. The highest BCUT2D eigenvalue weighted by molar-refractivity contribution is 6.34. The number of hydrogen-bond acceptors (Lipinski definition) is 5. The number of hydrogen-bond donors (Lipinski definition) is 2. The van der Waals surface area contributed by atoms with Crippen LogP contribution >= 0.6 is 0 Å². The number of likely N-dealkylation sites (N-methyl/N-ethyl adjacent to an activating group) is 1. The smallest absolute Gasteiger partial charge is 0.511 e. The minimum Gasteiger partial charge on any atom is -0.511 e. The topological polar surface area (TPSA) is 62.2 Å². The monoisotopic (exact) mass is 403 g/mol. The molecular weight excluding hydrogens is 377 g/mol. The molecule has 0 aromatic heterocycles. The minimum absolute atomic E-state index is 0.466. The Balaban J connectivity index is 0.000000230. The number of benzene rings is 4. The van der Waals surface area contributed by atoms with Gasteiger partial charge in [-0.1, -0.05) is 55.5 Å². The van der Waals surface area contributed by atoms with Gasteiger partial charge >= 0.3 is 7.32 Å². The van der Waals surface area contributed by atoms with Gasteiger partial charge in [0.05, 0.1) is 13.2 Å². The highest BCUT2D eigenvalue weighted by atomic mass is 16.6. The fourth-order valence-corrected chi connectivity index (χ4v) is 3.90. The van der Waals surface area contributed by atoms with Crippen LogP contribution in [-0.2, 0) is 4.74 Å². The Bertz CT molecular complexity index is 1140. The van der Waals surface area contributed by atoms with E-state index in [0.29, 0.717) is 5.75 Å². The van der Waals surface area contributed by atoms with Crippen molar-refractivity contribution in [2.75, 3.05) is 32.8 Å². The Morgan fingerprint density at radius 3 is 2.20 bits per heavy atom. The zero-order chi connectivity index (χ0) is 20.9. The normalized spacial score (nSPS) is 14.5. The summed E-state index contributed by atoms with van der Waals surface area (Å²) in [5, 5.41) is 24.6. The van der Waals surface area contributed by atoms with E-state index in [9.17, 15) is 0 Å². The van der Waals surface area contributed by atoms with Crippen LogP contribution in [0.2, 0.25) is 0 Å². The molecule has 30 heavy (non-hydrogen) atoms. The molecule has 1 aliphatic heterocycles. The van der Waals surface area contributed by atoms with Gasteiger partial charge in [-0.2, -0.15) is 0 Å². The first-order valence-electron chi connectivity index (χ1n) is 10.3. The van der Waals surface area contributed by atoms with Gasteiger partial charge in [0.1, 0.15) is 5.75 Å². The number of nitrogens with zero attached hydrogens (tertiary/aromatic N) is 1. The Hall–Kier alpha value is -2.64. The van der Waals surface area contributed by atoms with Crippen molar-refractivity contribution in [3.05, 3.63) is 66.7 Å². The lowest BCUT2D eigenvalue weighted by Gasteiger charge is -2.24. The first-order chi connectivity index (χ1) is 14.7. The largest absolute Gasteiger partial charge is 0.707 e. The van der Waals surface area contributed by atoms with Crippen LogP contribution < -0.4 is 4.65 Å². The molecule has 6 heteroatoms. The van der Waals surface area contributed by atoms with Crippen LogP contribution in [0.15, 0.2) is 66.7 Å². The fourth-order valence-electron chi connectivity index (χ4n) is 3.90. The average molecular weight is 403 g/mol. The van der Waals surface area contributed by atoms with E-state index < -0.39 is 7.32 Å². The van der Waals surface area contributed by atoms with Gasteiger partial charge < -0.3 is 19.4 Å². The lowest BCUT2D eigenvalue weighted by molar-refractivity contribution is 0.0405. The van der Waals surface area contributed by atoms with Gasteiger partial charge in [0.15, 0.2) is 0 Å². The molecule has 1 heterocycles. The molecule has 1 aliphatic rings. The molecule has 2 N–H and O–H groups in total. The molecule has 1 fully saturated rings. The van der Waals surface area contributed by atoms with Crippen molar-refractivity contribution in [2.45, 2.75) is 6.92 Å². The third kappa shape index (κ3) is 4.58. The van der Waals surface area contributed by atoms with Gasteiger partial charge in [0.2, 0.25) is 0 Å². The Labute approximate surface area is 176 Å². The molecule has 154 valence electrons. The first kappa shape index (κ1) is 20.6. The van der Waals surface area contributed by atoms with Crippen molar-refractivity contribution in [1.82, 2.24) is 4.90 Å². The second-order valence-electron chi connectivity index (χ2n) is 7.33. The highest BCUT2D eigenvalue weighted by Crippen LogP contribution is 2.35. The highest BCUT2D eigenvalue weighted by Gasteiger charge is 2.15. The Morgan fingerprint density at radius 2 is 1.53 bits per heavy atom. The predicted molar refractivity (Wildman–Crippen MR) is 123 cm³/mol. The van der Waals surface area contributed by atoms with E-state index in [1.54, 1.807) is 6.07 Å². The quantitative estimate of drug-likeness (QED) is 0.309. The fraction of sp³-hybridized carbons (Fsp3) is 0.250. The summed E-state index contributed by atoms with van der Waals surface area (Å²) in [7, 11) is -1.83. The predicted octanol–water partition coefficient (Wildman–Crippen LogP) is 3.83. The molecule has 0 spiro atoms. The van der Waals surface area contributed by atoms with Gasteiger partial charge in [0.25, 0.3) is 0 Å². The van der Waals surface area contributed by atoms with Crippen LogP contribution in [0.4, 0.5) is 0 Å². The molecule has 0 bridgehead atoms. The van der Waals surface area contributed by atoms with Crippen LogP contribution in [0.3, 0.4) is 0 Å². The summed E-state index contributed by atoms with van der Waals surface area (Å²) in [4.78, 5) is 2.39. The molecule has 4 aromatic carbocycles. The third-order valence-electron chi connectivity index (χ3n) is 5.47. The molecule has 1 saturated heterocycles. The van der Waals surface area contributed by atoms with Crippen molar-refractivity contribution < 1.29 is 19.4 Å². The summed E-state index contributed by atoms with van der Waals surface area (Å²) in [5.41, 5.74) is 0. The second-order valence-corrected chi connectivity index (χ2v) is 7.33. The maximum atomic E-state index is 9.14. The van der Waals surface area contributed by atoms with E-state index >= 15 is 0 Å². The van der Waals surface area contributed by atoms with Gasteiger partial charge in [0, 0.05) is 18.5 Å². The van der Waals surface area contributed by atoms with Crippen molar-refractivity contribution in [1.29, 1.82) is 0 Å². The SMILES string of the molecule is CCN1CCOCC1.OB(O)Oc1cccc2ccc3cc4ccccc4cc3c12. The van der Waals surface area contributed by atoms with Crippen LogP contribution in [0, 0.1) is 0 Å². The lowest BCUT2D eigenvalue weighted by Crippen LogP contribution is -2.35. The van der Waals surface area contributed by atoms with E-state index in [1.807, 2.05) is 30.3 Å².